The highest BCUT2D eigenvalue weighted by Crippen LogP contribution is 2.54. The Hall–Kier alpha value is -0.830. The van der Waals surface area contributed by atoms with Gasteiger partial charge in [-0.1, -0.05) is 25.8 Å². The third-order valence-corrected chi connectivity index (χ3v) is 5.99. The van der Waals surface area contributed by atoms with Crippen molar-refractivity contribution < 1.29 is 14.6 Å². The van der Waals surface area contributed by atoms with Crippen LogP contribution < -0.4 is 0 Å². The molecule has 3 heteroatoms. The first-order chi connectivity index (χ1) is 9.65. The normalized spacial score (nSPS) is 44.0. The molecule has 3 aliphatic carbocycles. The summed E-state index contributed by atoms with van der Waals surface area (Å²) in [7, 11) is 0. The van der Waals surface area contributed by atoms with Crippen LogP contribution >= 0.6 is 0 Å². The molecule has 0 bridgehead atoms. The van der Waals surface area contributed by atoms with Crippen LogP contribution in [0.4, 0.5) is 0 Å². The largest absolute Gasteiger partial charge is 0.459 e. The highest BCUT2D eigenvalue weighted by atomic mass is 16.5. The first-order valence-corrected chi connectivity index (χ1v) is 8.20. The molecular weight excluding hydrogens is 252 g/mol. The van der Waals surface area contributed by atoms with E-state index < -0.39 is 5.60 Å². The van der Waals surface area contributed by atoms with Gasteiger partial charge in [0.2, 0.25) is 0 Å². The monoisotopic (exact) mass is 278 g/mol. The van der Waals surface area contributed by atoms with Crippen LogP contribution in [0, 0.1) is 17.8 Å². The number of carbonyl (C=O) groups is 1. The molecule has 0 aliphatic heterocycles. The van der Waals surface area contributed by atoms with Gasteiger partial charge >= 0.3 is 5.97 Å². The summed E-state index contributed by atoms with van der Waals surface area (Å²) in [6.07, 6.45) is 11.1. The number of ether oxygens (including phenoxy) is 1. The zero-order chi connectivity index (χ0) is 14.2. The van der Waals surface area contributed by atoms with E-state index in [1.54, 1.807) is 0 Å². The zero-order valence-electron chi connectivity index (χ0n) is 12.2. The van der Waals surface area contributed by atoms with Gasteiger partial charge < -0.3 is 9.84 Å². The van der Waals surface area contributed by atoms with E-state index in [1.807, 2.05) is 0 Å². The maximum atomic E-state index is 11.5. The SMILES string of the molecule is C=CC(=O)OC1CCCC2(O)C3CCCCC3CCC12. The Labute approximate surface area is 121 Å². The second kappa shape index (κ2) is 5.51. The molecule has 0 aromatic heterocycles. The van der Waals surface area contributed by atoms with Gasteiger partial charge in [0.05, 0.1) is 5.60 Å². The molecule has 3 nitrogen and oxygen atoms in total. The van der Waals surface area contributed by atoms with E-state index in [-0.39, 0.29) is 18.0 Å². The Kier molecular flexibility index (Phi) is 3.89. The molecule has 5 unspecified atom stereocenters. The molecule has 112 valence electrons. The number of hydrogen-bond donors (Lipinski definition) is 1. The smallest absolute Gasteiger partial charge is 0.330 e. The standard InChI is InChI=1S/C17H26O3/c1-2-16(18)20-15-8-5-11-17(19)13-7-4-3-6-12(13)9-10-14(15)17/h2,12-15,19H,1,3-11H2. The van der Waals surface area contributed by atoms with Crippen LogP contribution in [-0.4, -0.2) is 22.8 Å². The van der Waals surface area contributed by atoms with Crippen LogP contribution in [0.5, 0.6) is 0 Å². The van der Waals surface area contributed by atoms with Crippen molar-refractivity contribution in [2.45, 2.75) is 69.5 Å². The average molecular weight is 278 g/mol. The fourth-order valence-corrected chi connectivity index (χ4v) is 5.13. The van der Waals surface area contributed by atoms with Gasteiger partial charge in [0.25, 0.3) is 0 Å². The van der Waals surface area contributed by atoms with E-state index in [0.717, 1.165) is 32.1 Å². The number of aliphatic hydroxyl groups is 1. The summed E-state index contributed by atoms with van der Waals surface area (Å²) in [6.45, 7) is 3.48. The van der Waals surface area contributed by atoms with E-state index in [1.165, 1.54) is 31.8 Å². The molecule has 0 radical (unpaired) electrons. The van der Waals surface area contributed by atoms with Crippen molar-refractivity contribution >= 4 is 5.97 Å². The van der Waals surface area contributed by atoms with Crippen LogP contribution in [0.25, 0.3) is 0 Å². The summed E-state index contributed by atoms with van der Waals surface area (Å²) in [5.41, 5.74) is -0.590. The summed E-state index contributed by atoms with van der Waals surface area (Å²) < 4.78 is 5.54. The molecule has 3 fully saturated rings. The molecule has 20 heavy (non-hydrogen) atoms. The van der Waals surface area contributed by atoms with Crippen LogP contribution in [0.15, 0.2) is 12.7 Å². The minimum atomic E-state index is -0.590. The number of fused-ring (bicyclic) bond motifs is 3. The lowest BCUT2D eigenvalue weighted by atomic mass is 9.54. The quantitative estimate of drug-likeness (QED) is 0.623. The summed E-state index contributed by atoms with van der Waals surface area (Å²) in [5.74, 6) is 0.920. The minimum absolute atomic E-state index is 0.109. The van der Waals surface area contributed by atoms with Crippen LogP contribution in [0.1, 0.15) is 57.8 Å². The molecular formula is C17H26O3. The van der Waals surface area contributed by atoms with Crippen molar-refractivity contribution in [3.05, 3.63) is 12.7 Å². The third-order valence-electron chi connectivity index (χ3n) is 5.99. The number of carbonyl (C=O) groups excluding carboxylic acids is 1. The predicted octanol–water partition coefficient (Wildman–Crippen LogP) is 3.22. The molecule has 0 saturated heterocycles. The lowest BCUT2D eigenvalue weighted by Gasteiger charge is -2.55. The first-order valence-electron chi connectivity index (χ1n) is 8.20. The number of hydrogen-bond acceptors (Lipinski definition) is 3. The van der Waals surface area contributed by atoms with E-state index in [2.05, 4.69) is 6.58 Å². The first kappa shape index (κ1) is 14.1. The highest BCUT2D eigenvalue weighted by molar-refractivity contribution is 5.81. The second-order valence-electron chi connectivity index (χ2n) is 6.90. The van der Waals surface area contributed by atoms with E-state index in [0.29, 0.717) is 11.8 Å². The highest BCUT2D eigenvalue weighted by Gasteiger charge is 2.55. The maximum Gasteiger partial charge on any atom is 0.330 e. The Morgan fingerprint density at radius 2 is 1.90 bits per heavy atom. The van der Waals surface area contributed by atoms with Crippen molar-refractivity contribution in [3.8, 4) is 0 Å². The number of rotatable bonds is 2. The van der Waals surface area contributed by atoms with Gasteiger partial charge in [-0.05, 0) is 50.4 Å². The summed E-state index contributed by atoms with van der Waals surface area (Å²) in [6, 6.07) is 0. The van der Waals surface area contributed by atoms with Gasteiger partial charge in [0.1, 0.15) is 6.10 Å². The molecule has 3 saturated carbocycles. The molecule has 0 amide bonds. The molecule has 0 aromatic carbocycles. The fraction of sp³-hybridized carbons (Fsp3) is 0.824. The molecule has 3 aliphatic rings. The van der Waals surface area contributed by atoms with Gasteiger partial charge in [-0.2, -0.15) is 0 Å². The van der Waals surface area contributed by atoms with Gasteiger partial charge in [-0.25, -0.2) is 4.79 Å². The second-order valence-corrected chi connectivity index (χ2v) is 6.90. The van der Waals surface area contributed by atoms with Crippen molar-refractivity contribution in [2.24, 2.45) is 17.8 Å². The average Bonchev–Trinajstić information content (AvgIpc) is 2.47. The van der Waals surface area contributed by atoms with Gasteiger partial charge in [-0.3, -0.25) is 0 Å². The molecule has 0 aromatic rings. The van der Waals surface area contributed by atoms with E-state index in [9.17, 15) is 9.90 Å². The van der Waals surface area contributed by atoms with Crippen LogP contribution in [0.2, 0.25) is 0 Å². The van der Waals surface area contributed by atoms with Crippen molar-refractivity contribution in [2.75, 3.05) is 0 Å². The fourth-order valence-electron chi connectivity index (χ4n) is 5.13. The minimum Gasteiger partial charge on any atom is -0.459 e. The molecule has 0 heterocycles. The lowest BCUT2D eigenvalue weighted by molar-refractivity contribution is -0.194. The number of esters is 1. The lowest BCUT2D eigenvalue weighted by Crippen LogP contribution is -2.58. The maximum absolute atomic E-state index is 11.5. The van der Waals surface area contributed by atoms with Crippen LogP contribution in [-0.2, 0) is 9.53 Å². The molecule has 3 rings (SSSR count). The van der Waals surface area contributed by atoms with Crippen molar-refractivity contribution in [1.82, 2.24) is 0 Å². The van der Waals surface area contributed by atoms with Gasteiger partial charge in [0.15, 0.2) is 0 Å². The van der Waals surface area contributed by atoms with E-state index >= 15 is 0 Å². The third kappa shape index (κ3) is 2.30. The Balaban J connectivity index is 1.80. The van der Waals surface area contributed by atoms with E-state index in [4.69, 9.17) is 4.74 Å². The summed E-state index contributed by atoms with van der Waals surface area (Å²) >= 11 is 0. The molecule has 0 spiro atoms. The van der Waals surface area contributed by atoms with Crippen LogP contribution in [0.3, 0.4) is 0 Å². The van der Waals surface area contributed by atoms with Crippen molar-refractivity contribution in [3.63, 3.8) is 0 Å². The van der Waals surface area contributed by atoms with Gasteiger partial charge in [0, 0.05) is 12.0 Å². The van der Waals surface area contributed by atoms with Crippen molar-refractivity contribution in [1.29, 1.82) is 0 Å². The zero-order valence-corrected chi connectivity index (χ0v) is 12.2. The Morgan fingerprint density at radius 1 is 1.10 bits per heavy atom. The Morgan fingerprint density at radius 3 is 2.70 bits per heavy atom. The summed E-state index contributed by atoms with van der Waals surface area (Å²) in [4.78, 5) is 11.5. The topological polar surface area (TPSA) is 46.5 Å². The predicted molar refractivity (Wildman–Crippen MR) is 77.0 cm³/mol. The molecule has 5 atom stereocenters. The summed E-state index contributed by atoms with van der Waals surface area (Å²) in [5, 5.41) is 11.3. The Bertz CT molecular complexity index is 392. The molecule has 1 N–H and O–H groups in total. The van der Waals surface area contributed by atoms with Gasteiger partial charge in [-0.15, -0.1) is 0 Å².